The second-order valence-electron chi connectivity index (χ2n) is 8.44. The number of hydrogen-bond donors (Lipinski definition) is 1. The largest absolute Gasteiger partial charge is 0.326 e. The van der Waals surface area contributed by atoms with E-state index in [1.165, 1.54) is 36.1 Å². The van der Waals surface area contributed by atoms with Crippen LogP contribution in [0.2, 0.25) is 0 Å². The number of halogens is 1. The first-order chi connectivity index (χ1) is 16.7. The van der Waals surface area contributed by atoms with E-state index in [0.717, 1.165) is 16.0 Å². The molecule has 0 aromatic heterocycles. The molecule has 1 aliphatic rings. The van der Waals surface area contributed by atoms with E-state index in [4.69, 9.17) is 0 Å². The van der Waals surface area contributed by atoms with Crippen LogP contribution in [0.15, 0.2) is 72.8 Å². The number of amides is 4. The quantitative estimate of drug-likeness (QED) is 0.547. The molecule has 3 aromatic carbocycles. The fraction of sp³-hybridized carbons (Fsp3) is 0.185. The van der Waals surface area contributed by atoms with E-state index in [1.807, 2.05) is 31.2 Å². The molecule has 0 aliphatic carbocycles. The minimum atomic E-state index is -1.02. The number of carbonyl (C=O) groups excluding carboxylic acids is 4. The van der Waals surface area contributed by atoms with Crippen molar-refractivity contribution in [3.05, 3.63) is 95.3 Å². The molecule has 1 heterocycles. The third kappa shape index (κ3) is 5.27. The van der Waals surface area contributed by atoms with Gasteiger partial charge in [-0.05, 0) is 61.0 Å². The van der Waals surface area contributed by atoms with Crippen molar-refractivity contribution >= 4 is 35.0 Å². The molecule has 178 valence electrons. The van der Waals surface area contributed by atoms with Gasteiger partial charge in [0.25, 0.3) is 11.8 Å². The van der Waals surface area contributed by atoms with Crippen molar-refractivity contribution < 1.29 is 23.6 Å². The Hall–Kier alpha value is -4.33. The normalized spacial score (nSPS) is 15.3. The number of imide groups is 1. The smallest absolute Gasteiger partial charge is 0.257 e. The summed E-state index contributed by atoms with van der Waals surface area (Å²) in [6.45, 7) is 3.43. The molecule has 1 unspecified atom stereocenters. The van der Waals surface area contributed by atoms with Gasteiger partial charge in [-0.2, -0.15) is 0 Å². The van der Waals surface area contributed by atoms with Crippen LogP contribution in [-0.2, 0) is 20.9 Å². The summed E-state index contributed by atoms with van der Waals surface area (Å²) < 4.78 is 13.4. The Bertz CT molecular complexity index is 1270. The van der Waals surface area contributed by atoms with Gasteiger partial charge in [0.2, 0.25) is 11.8 Å². The molecule has 0 bridgehead atoms. The van der Waals surface area contributed by atoms with E-state index < -0.39 is 29.6 Å². The first-order valence-electron chi connectivity index (χ1n) is 11.1. The summed E-state index contributed by atoms with van der Waals surface area (Å²) in [5.74, 6) is -2.15. The van der Waals surface area contributed by atoms with Crippen LogP contribution in [-0.4, -0.2) is 34.6 Å². The SMILES string of the molecule is CC(=O)Nc1ccc(N2C(=O)CC(N(Cc3ccc(C)cc3)C(=O)c3ccc(F)cc3)C2=O)cc1. The molecular formula is C27H24FN3O4. The average Bonchev–Trinajstić information content (AvgIpc) is 3.12. The van der Waals surface area contributed by atoms with Crippen LogP contribution in [0.3, 0.4) is 0 Å². The van der Waals surface area contributed by atoms with Crippen molar-refractivity contribution in [1.82, 2.24) is 4.90 Å². The Morgan fingerprint density at radius 2 is 1.60 bits per heavy atom. The van der Waals surface area contributed by atoms with Gasteiger partial charge in [0.1, 0.15) is 11.9 Å². The zero-order valence-corrected chi connectivity index (χ0v) is 19.3. The maximum absolute atomic E-state index is 13.4. The summed E-state index contributed by atoms with van der Waals surface area (Å²) in [6, 6.07) is 17.9. The predicted molar refractivity (Wildman–Crippen MR) is 129 cm³/mol. The summed E-state index contributed by atoms with van der Waals surface area (Å²) >= 11 is 0. The van der Waals surface area contributed by atoms with Gasteiger partial charge in [0.15, 0.2) is 0 Å². The van der Waals surface area contributed by atoms with Crippen molar-refractivity contribution in [2.45, 2.75) is 32.9 Å². The highest BCUT2D eigenvalue weighted by Gasteiger charge is 2.44. The number of nitrogens with one attached hydrogen (secondary N) is 1. The lowest BCUT2D eigenvalue weighted by Crippen LogP contribution is -2.45. The standard InChI is InChI=1S/C27H24FN3O4/c1-17-3-5-19(6-4-17)16-30(26(34)20-7-9-21(28)10-8-20)24-15-25(33)31(27(24)35)23-13-11-22(12-14-23)29-18(2)32/h3-14,24H,15-16H2,1-2H3,(H,29,32). The zero-order chi connectivity index (χ0) is 25.1. The summed E-state index contributed by atoms with van der Waals surface area (Å²) in [5.41, 5.74) is 2.94. The first-order valence-corrected chi connectivity index (χ1v) is 11.1. The van der Waals surface area contributed by atoms with E-state index in [9.17, 15) is 23.6 Å². The second-order valence-corrected chi connectivity index (χ2v) is 8.44. The first kappa shape index (κ1) is 23.8. The van der Waals surface area contributed by atoms with Crippen molar-refractivity contribution in [2.75, 3.05) is 10.2 Å². The van der Waals surface area contributed by atoms with E-state index in [1.54, 1.807) is 24.3 Å². The molecule has 35 heavy (non-hydrogen) atoms. The number of aryl methyl sites for hydroxylation is 1. The number of rotatable bonds is 6. The minimum absolute atomic E-state index is 0.107. The number of hydrogen-bond acceptors (Lipinski definition) is 4. The maximum Gasteiger partial charge on any atom is 0.257 e. The number of benzene rings is 3. The molecule has 1 saturated heterocycles. The lowest BCUT2D eigenvalue weighted by molar-refractivity contribution is -0.122. The molecule has 7 nitrogen and oxygen atoms in total. The van der Waals surface area contributed by atoms with Gasteiger partial charge >= 0.3 is 0 Å². The Morgan fingerprint density at radius 3 is 2.20 bits per heavy atom. The van der Waals surface area contributed by atoms with Gasteiger partial charge in [-0.1, -0.05) is 29.8 Å². The molecule has 4 rings (SSSR count). The van der Waals surface area contributed by atoms with E-state index >= 15 is 0 Å². The van der Waals surface area contributed by atoms with Gasteiger partial charge in [-0.15, -0.1) is 0 Å². The highest BCUT2D eigenvalue weighted by molar-refractivity contribution is 6.23. The Morgan fingerprint density at radius 1 is 0.971 bits per heavy atom. The average molecular weight is 474 g/mol. The molecule has 3 aromatic rings. The highest BCUT2D eigenvalue weighted by Crippen LogP contribution is 2.29. The number of carbonyl (C=O) groups is 4. The molecule has 0 spiro atoms. The highest BCUT2D eigenvalue weighted by atomic mass is 19.1. The van der Waals surface area contributed by atoms with Crippen LogP contribution >= 0.6 is 0 Å². The van der Waals surface area contributed by atoms with Crippen molar-refractivity contribution in [1.29, 1.82) is 0 Å². The van der Waals surface area contributed by atoms with Crippen LogP contribution in [0.5, 0.6) is 0 Å². The van der Waals surface area contributed by atoms with Crippen LogP contribution in [0.1, 0.15) is 34.8 Å². The maximum atomic E-state index is 13.4. The van der Waals surface area contributed by atoms with Crippen LogP contribution in [0, 0.1) is 12.7 Å². The van der Waals surface area contributed by atoms with Crippen molar-refractivity contribution in [3.63, 3.8) is 0 Å². The van der Waals surface area contributed by atoms with E-state index in [2.05, 4.69) is 5.32 Å². The monoisotopic (exact) mass is 473 g/mol. The van der Waals surface area contributed by atoms with Crippen molar-refractivity contribution in [3.8, 4) is 0 Å². The summed E-state index contributed by atoms with van der Waals surface area (Å²) in [6.07, 6.45) is -0.176. The van der Waals surface area contributed by atoms with Gasteiger partial charge < -0.3 is 10.2 Å². The van der Waals surface area contributed by atoms with Gasteiger partial charge in [0, 0.05) is 24.7 Å². The molecule has 1 fully saturated rings. The summed E-state index contributed by atoms with van der Waals surface area (Å²) in [7, 11) is 0. The third-order valence-electron chi connectivity index (χ3n) is 5.77. The molecule has 0 saturated carbocycles. The Balaban J connectivity index is 1.64. The lowest BCUT2D eigenvalue weighted by Gasteiger charge is -2.28. The fourth-order valence-corrected chi connectivity index (χ4v) is 4.00. The topological polar surface area (TPSA) is 86.8 Å². The molecule has 0 radical (unpaired) electrons. The molecule has 1 N–H and O–H groups in total. The lowest BCUT2D eigenvalue weighted by atomic mass is 10.1. The predicted octanol–water partition coefficient (Wildman–Crippen LogP) is 4.07. The molecule has 1 atom stereocenters. The molecule has 8 heteroatoms. The van der Waals surface area contributed by atoms with Crippen LogP contribution < -0.4 is 10.2 Å². The van der Waals surface area contributed by atoms with Crippen LogP contribution in [0.25, 0.3) is 0 Å². The Labute approximate surface area is 202 Å². The summed E-state index contributed by atoms with van der Waals surface area (Å²) in [5, 5.41) is 2.63. The fourth-order valence-electron chi connectivity index (χ4n) is 4.00. The van der Waals surface area contributed by atoms with Gasteiger partial charge in [-0.25, -0.2) is 9.29 Å². The number of anilines is 2. The third-order valence-corrected chi connectivity index (χ3v) is 5.77. The van der Waals surface area contributed by atoms with Crippen LogP contribution in [0.4, 0.5) is 15.8 Å². The van der Waals surface area contributed by atoms with Gasteiger partial charge in [0.05, 0.1) is 12.1 Å². The minimum Gasteiger partial charge on any atom is -0.326 e. The van der Waals surface area contributed by atoms with E-state index in [0.29, 0.717) is 11.4 Å². The molecule has 1 aliphatic heterocycles. The second kappa shape index (κ2) is 9.89. The van der Waals surface area contributed by atoms with Crippen molar-refractivity contribution in [2.24, 2.45) is 0 Å². The Kier molecular flexibility index (Phi) is 6.73. The molecule has 4 amide bonds. The van der Waals surface area contributed by atoms with E-state index in [-0.39, 0.29) is 24.4 Å². The van der Waals surface area contributed by atoms with Gasteiger partial charge in [-0.3, -0.25) is 19.2 Å². The molecular weight excluding hydrogens is 449 g/mol. The number of nitrogens with zero attached hydrogens (tertiary/aromatic N) is 2. The summed E-state index contributed by atoms with van der Waals surface area (Å²) in [4.78, 5) is 53.5. The zero-order valence-electron chi connectivity index (χ0n) is 19.3.